The van der Waals surface area contributed by atoms with Crippen LogP contribution >= 0.6 is 0 Å². The molecule has 3 rings (SSSR count). The molecule has 110 valence electrons. The Kier molecular flexibility index (Phi) is 3.09. The molecule has 2 aliphatic heterocycles. The summed E-state index contributed by atoms with van der Waals surface area (Å²) in [6.07, 6.45) is 0.0340. The van der Waals surface area contributed by atoms with Crippen LogP contribution in [0.2, 0.25) is 0 Å². The second-order valence-electron chi connectivity index (χ2n) is 4.97. The van der Waals surface area contributed by atoms with Gasteiger partial charge in [-0.15, -0.1) is 0 Å². The first-order chi connectivity index (χ1) is 9.94. The predicted octanol–water partition coefficient (Wildman–Crippen LogP) is 0.794. The van der Waals surface area contributed by atoms with Gasteiger partial charge in [0, 0.05) is 18.5 Å². The van der Waals surface area contributed by atoms with Crippen molar-refractivity contribution < 1.29 is 22.7 Å². The summed E-state index contributed by atoms with van der Waals surface area (Å²) >= 11 is 0. The summed E-state index contributed by atoms with van der Waals surface area (Å²) in [5, 5.41) is 1.09. The van der Waals surface area contributed by atoms with E-state index in [-0.39, 0.29) is 23.8 Å². The molecule has 7 heteroatoms. The number of methoxy groups -OCH3 is 1. The summed E-state index contributed by atoms with van der Waals surface area (Å²) in [6, 6.07) is 6.51. The van der Waals surface area contributed by atoms with Crippen molar-refractivity contribution >= 4 is 27.4 Å². The number of amides is 1. The molecule has 2 heterocycles. The Morgan fingerprint density at radius 2 is 2.05 bits per heavy atom. The summed E-state index contributed by atoms with van der Waals surface area (Å²) in [4.78, 5) is 25.2. The molecule has 1 atom stereocenters. The zero-order chi connectivity index (χ0) is 15.2. The molecular formula is C14H13NO5S. The number of fused-ring (bicyclic) bond motifs is 1. The van der Waals surface area contributed by atoms with Crippen LogP contribution in [0.25, 0.3) is 5.70 Å². The Balaban J connectivity index is 1.99. The van der Waals surface area contributed by atoms with Crippen molar-refractivity contribution in [3.63, 3.8) is 0 Å². The zero-order valence-corrected chi connectivity index (χ0v) is 12.1. The Bertz CT molecular complexity index is 765. The molecule has 1 aromatic carbocycles. The normalized spacial score (nSPS) is 22.9. The van der Waals surface area contributed by atoms with Crippen LogP contribution in [0.5, 0.6) is 0 Å². The molecule has 21 heavy (non-hydrogen) atoms. The molecule has 6 nitrogen and oxygen atoms in total. The lowest BCUT2D eigenvalue weighted by Crippen LogP contribution is -2.24. The van der Waals surface area contributed by atoms with Crippen molar-refractivity contribution in [3.05, 3.63) is 35.2 Å². The smallest absolute Gasteiger partial charge is 0.311 e. The fraction of sp³-hybridized carbons (Fsp3) is 0.286. The number of ether oxygens (including phenoxy) is 1. The van der Waals surface area contributed by atoms with E-state index >= 15 is 0 Å². The number of hydrogen-bond acceptors (Lipinski definition) is 5. The van der Waals surface area contributed by atoms with Gasteiger partial charge in [0.15, 0.2) is 0 Å². The van der Waals surface area contributed by atoms with Crippen molar-refractivity contribution in [2.45, 2.75) is 11.3 Å². The van der Waals surface area contributed by atoms with Crippen LogP contribution in [0.4, 0.5) is 0 Å². The highest BCUT2D eigenvalue weighted by atomic mass is 32.2. The van der Waals surface area contributed by atoms with E-state index in [1.165, 1.54) is 18.1 Å². The minimum Gasteiger partial charge on any atom is -0.469 e. The molecule has 2 aliphatic rings. The molecule has 0 saturated carbocycles. The molecule has 1 saturated heterocycles. The molecule has 0 bridgehead atoms. The van der Waals surface area contributed by atoms with Crippen LogP contribution in [0.15, 0.2) is 34.6 Å². The van der Waals surface area contributed by atoms with E-state index in [1.807, 2.05) is 0 Å². The molecule has 0 N–H and O–H groups in total. The van der Waals surface area contributed by atoms with Crippen LogP contribution in [0.3, 0.4) is 0 Å². The van der Waals surface area contributed by atoms with Crippen molar-refractivity contribution in [1.82, 2.24) is 4.90 Å². The predicted molar refractivity (Wildman–Crippen MR) is 73.4 cm³/mol. The van der Waals surface area contributed by atoms with Gasteiger partial charge < -0.3 is 9.64 Å². The summed E-state index contributed by atoms with van der Waals surface area (Å²) in [6.45, 7) is 0.140. The Morgan fingerprint density at radius 1 is 1.33 bits per heavy atom. The van der Waals surface area contributed by atoms with Crippen LogP contribution in [0, 0.1) is 5.92 Å². The quantitative estimate of drug-likeness (QED) is 0.755. The lowest BCUT2D eigenvalue weighted by Gasteiger charge is -2.17. The Morgan fingerprint density at radius 3 is 2.76 bits per heavy atom. The molecule has 0 spiro atoms. The zero-order valence-electron chi connectivity index (χ0n) is 11.3. The average Bonchev–Trinajstić information content (AvgIpc) is 2.97. The van der Waals surface area contributed by atoms with Crippen LogP contribution in [-0.2, 0) is 24.2 Å². The van der Waals surface area contributed by atoms with Crippen molar-refractivity contribution in [2.24, 2.45) is 5.92 Å². The number of hydrogen-bond donors (Lipinski definition) is 0. The number of sulfone groups is 1. The minimum atomic E-state index is -3.53. The van der Waals surface area contributed by atoms with E-state index in [0.29, 0.717) is 11.3 Å². The van der Waals surface area contributed by atoms with Gasteiger partial charge in [0.2, 0.25) is 15.7 Å². The van der Waals surface area contributed by atoms with Gasteiger partial charge in [0.25, 0.3) is 0 Å². The van der Waals surface area contributed by atoms with E-state index in [0.717, 1.165) is 5.41 Å². The first-order valence-electron chi connectivity index (χ1n) is 6.38. The topological polar surface area (TPSA) is 80.8 Å². The number of rotatable bonds is 2. The van der Waals surface area contributed by atoms with E-state index in [9.17, 15) is 18.0 Å². The molecule has 1 unspecified atom stereocenters. The lowest BCUT2D eigenvalue weighted by atomic mass is 10.1. The summed E-state index contributed by atoms with van der Waals surface area (Å²) in [5.41, 5.74) is 0.832. The molecule has 0 radical (unpaired) electrons. The van der Waals surface area contributed by atoms with Crippen LogP contribution in [0.1, 0.15) is 12.0 Å². The summed E-state index contributed by atoms with van der Waals surface area (Å²) in [7, 11) is -2.26. The van der Waals surface area contributed by atoms with Gasteiger partial charge in [-0.1, -0.05) is 18.2 Å². The number of nitrogens with zero attached hydrogens (tertiary/aromatic N) is 1. The molecular weight excluding hydrogens is 294 g/mol. The second-order valence-corrected chi connectivity index (χ2v) is 6.74. The molecule has 1 aromatic rings. The average molecular weight is 307 g/mol. The van der Waals surface area contributed by atoms with Gasteiger partial charge in [-0.2, -0.15) is 0 Å². The van der Waals surface area contributed by atoms with Gasteiger partial charge in [0.1, 0.15) is 0 Å². The first-order valence-corrected chi connectivity index (χ1v) is 7.93. The third-order valence-corrected chi connectivity index (χ3v) is 5.19. The first kappa shape index (κ1) is 13.8. The van der Waals surface area contributed by atoms with Crippen molar-refractivity contribution in [1.29, 1.82) is 0 Å². The molecule has 1 amide bonds. The molecule has 0 aliphatic carbocycles. The van der Waals surface area contributed by atoms with Gasteiger partial charge in [-0.05, 0) is 6.07 Å². The largest absolute Gasteiger partial charge is 0.469 e. The summed E-state index contributed by atoms with van der Waals surface area (Å²) < 4.78 is 28.8. The SMILES string of the molecule is COC(=O)C1CC(=O)N(C2=CS(=O)(=O)c3ccccc32)C1. The van der Waals surface area contributed by atoms with Gasteiger partial charge >= 0.3 is 5.97 Å². The highest BCUT2D eigenvalue weighted by Gasteiger charge is 2.40. The van der Waals surface area contributed by atoms with E-state index in [4.69, 9.17) is 0 Å². The maximum Gasteiger partial charge on any atom is 0.311 e. The number of carbonyl (C=O) groups excluding carboxylic acids is 2. The Hall–Kier alpha value is -2.15. The van der Waals surface area contributed by atoms with E-state index in [2.05, 4.69) is 4.74 Å². The third kappa shape index (κ3) is 2.13. The van der Waals surface area contributed by atoms with E-state index < -0.39 is 21.7 Å². The summed E-state index contributed by atoms with van der Waals surface area (Å²) in [5.74, 6) is -1.29. The fourth-order valence-electron chi connectivity index (χ4n) is 2.67. The number of benzene rings is 1. The number of esters is 1. The van der Waals surface area contributed by atoms with Crippen LogP contribution in [-0.4, -0.2) is 38.8 Å². The maximum absolute atomic E-state index is 12.1. The number of carbonyl (C=O) groups is 2. The van der Waals surface area contributed by atoms with Gasteiger partial charge in [-0.3, -0.25) is 9.59 Å². The second kappa shape index (κ2) is 4.70. The monoisotopic (exact) mass is 307 g/mol. The maximum atomic E-state index is 12.1. The highest BCUT2D eigenvalue weighted by Crippen LogP contribution is 2.38. The Labute approximate surface area is 121 Å². The van der Waals surface area contributed by atoms with Crippen molar-refractivity contribution in [3.8, 4) is 0 Å². The van der Waals surface area contributed by atoms with Gasteiger partial charge in [-0.25, -0.2) is 8.42 Å². The molecule has 0 aromatic heterocycles. The lowest BCUT2D eigenvalue weighted by molar-refractivity contribution is -0.145. The molecule has 1 fully saturated rings. The van der Waals surface area contributed by atoms with E-state index in [1.54, 1.807) is 18.2 Å². The minimum absolute atomic E-state index is 0.0340. The van der Waals surface area contributed by atoms with Gasteiger partial charge in [0.05, 0.1) is 29.0 Å². The third-order valence-electron chi connectivity index (χ3n) is 3.69. The fourth-order valence-corrected chi connectivity index (χ4v) is 4.10. The van der Waals surface area contributed by atoms with Crippen molar-refractivity contribution in [2.75, 3.05) is 13.7 Å². The standard InChI is InChI=1S/C14H13NO5S/c1-20-14(17)9-6-13(16)15(7-9)11-8-21(18,19)12-5-3-2-4-10(11)12/h2-5,8-9H,6-7H2,1H3. The van der Waals surface area contributed by atoms with Crippen LogP contribution < -0.4 is 0 Å². The number of likely N-dealkylation sites (tertiary alicyclic amines) is 1. The highest BCUT2D eigenvalue weighted by molar-refractivity contribution is 7.95.